The summed E-state index contributed by atoms with van der Waals surface area (Å²) in [5, 5.41) is 0. The Labute approximate surface area is 157 Å². The highest BCUT2D eigenvalue weighted by Crippen LogP contribution is 2.24. The van der Waals surface area contributed by atoms with Crippen LogP contribution in [-0.4, -0.2) is 59.7 Å². The second-order valence-electron chi connectivity index (χ2n) is 8.15. The summed E-state index contributed by atoms with van der Waals surface area (Å²) in [6, 6.07) is 6.05. The van der Waals surface area contributed by atoms with Gasteiger partial charge in [0.1, 0.15) is 11.3 Å². The fourth-order valence-electron chi connectivity index (χ4n) is 3.15. The molecule has 1 aliphatic rings. The second-order valence-corrected chi connectivity index (χ2v) is 8.15. The molecule has 1 saturated heterocycles. The first-order valence-electron chi connectivity index (χ1n) is 9.25. The zero-order valence-electron chi connectivity index (χ0n) is 16.9. The molecule has 2 heterocycles. The maximum atomic E-state index is 12.2. The van der Waals surface area contributed by atoms with E-state index in [4.69, 9.17) is 4.74 Å². The molecule has 0 radical (unpaired) electrons. The summed E-state index contributed by atoms with van der Waals surface area (Å²) in [4.78, 5) is 20.7. The van der Waals surface area contributed by atoms with E-state index in [0.717, 1.165) is 24.2 Å². The standard InChI is InChI=1S/C21H31N3O2/c1-16-8-7-9-18(22-16)10-11-19(23(5)6)17-12-14-24(15-13-17)20(25)26-21(2,3)4/h7-9,17,19H,12-15H2,1-6H3. The van der Waals surface area contributed by atoms with Gasteiger partial charge in [-0.3, -0.25) is 4.90 Å². The Kier molecular flexibility index (Phi) is 6.66. The Morgan fingerprint density at radius 1 is 1.31 bits per heavy atom. The number of carbonyl (C=O) groups is 1. The first-order valence-corrected chi connectivity index (χ1v) is 9.25. The summed E-state index contributed by atoms with van der Waals surface area (Å²) in [6.07, 6.45) is 1.64. The summed E-state index contributed by atoms with van der Waals surface area (Å²) in [6.45, 7) is 9.10. The topological polar surface area (TPSA) is 45.7 Å². The zero-order chi connectivity index (χ0) is 19.3. The van der Waals surface area contributed by atoms with Gasteiger partial charge in [-0.05, 0) is 78.6 Å². The van der Waals surface area contributed by atoms with Crippen LogP contribution in [0.1, 0.15) is 45.0 Å². The monoisotopic (exact) mass is 357 g/mol. The molecule has 0 spiro atoms. The number of hydrogen-bond donors (Lipinski definition) is 0. The summed E-state index contributed by atoms with van der Waals surface area (Å²) in [7, 11) is 4.12. The Morgan fingerprint density at radius 2 is 1.96 bits per heavy atom. The van der Waals surface area contributed by atoms with Gasteiger partial charge >= 0.3 is 6.09 Å². The lowest BCUT2D eigenvalue weighted by atomic mass is 9.89. The molecular formula is C21H31N3O2. The van der Waals surface area contributed by atoms with Gasteiger partial charge in [0.2, 0.25) is 0 Å². The van der Waals surface area contributed by atoms with Crippen molar-refractivity contribution in [2.24, 2.45) is 5.92 Å². The molecule has 1 aromatic rings. The van der Waals surface area contributed by atoms with Crippen LogP contribution in [-0.2, 0) is 4.74 Å². The van der Waals surface area contributed by atoms with Crippen LogP contribution in [0, 0.1) is 24.7 Å². The van der Waals surface area contributed by atoms with Crippen LogP contribution in [0.5, 0.6) is 0 Å². The number of ether oxygens (including phenoxy) is 1. The fraction of sp³-hybridized carbons (Fsp3) is 0.619. The largest absolute Gasteiger partial charge is 0.444 e. The molecule has 5 nitrogen and oxygen atoms in total. The van der Waals surface area contributed by atoms with Gasteiger partial charge in [0.15, 0.2) is 0 Å². The molecule has 1 fully saturated rings. The second kappa shape index (κ2) is 8.55. The molecule has 26 heavy (non-hydrogen) atoms. The van der Waals surface area contributed by atoms with E-state index >= 15 is 0 Å². The molecule has 0 aliphatic carbocycles. The van der Waals surface area contributed by atoms with Crippen LogP contribution in [0.3, 0.4) is 0 Å². The number of pyridine rings is 1. The Hall–Kier alpha value is -2.06. The first-order chi connectivity index (χ1) is 12.2. The van der Waals surface area contributed by atoms with Crippen LogP contribution in [0.25, 0.3) is 0 Å². The lowest BCUT2D eigenvalue weighted by molar-refractivity contribution is 0.0162. The van der Waals surface area contributed by atoms with Crippen LogP contribution in [0.4, 0.5) is 4.79 Å². The van der Waals surface area contributed by atoms with Crippen LogP contribution < -0.4 is 0 Å². The number of carbonyl (C=O) groups excluding carboxylic acids is 1. The van der Waals surface area contributed by atoms with E-state index in [-0.39, 0.29) is 12.1 Å². The minimum Gasteiger partial charge on any atom is -0.444 e. The van der Waals surface area contributed by atoms with Gasteiger partial charge < -0.3 is 9.64 Å². The molecule has 0 N–H and O–H groups in total. The molecular weight excluding hydrogens is 326 g/mol. The van der Waals surface area contributed by atoms with Crippen molar-refractivity contribution < 1.29 is 9.53 Å². The predicted molar refractivity (Wildman–Crippen MR) is 104 cm³/mol. The van der Waals surface area contributed by atoms with Crippen molar-refractivity contribution in [3.05, 3.63) is 29.6 Å². The molecule has 1 amide bonds. The first kappa shape index (κ1) is 20.3. The Balaban J connectivity index is 2.00. The maximum Gasteiger partial charge on any atom is 0.410 e. The molecule has 5 heteroatoms. The lowest BCUT2D eigenvalue weighted by Crippen LogP contribution is -2.45. The van der Waals surface area contributed by atoms with Crippen molar-refractivity contribution in [1.82, 2.24) is 14.8 Å². The minimum atomic E-state index is -0.452. The highest BCUT2D eigenvalue weighted by Gasteiger charge is 2.30. The lowest BCUT2D eigenvalue weighted by Gasteiger charge is -2.37. The van der Waals surface area contributed by atoms with E-state index in [1.165, 1.54) is 0 Å². The summed E-state index contributed by atoms with van der Waals surface area (Å²) >= 11 is 0. The quantitative estimate of drug-likeness (QED) is 0.762. The van der Waals surface area contributed by atoms with Crippen LogP contribution in [0.2, 0.25) is 0 Å². The van der Waals surface area contributed by atoms with Gasteiger partial charge in [-0.15, -0.1) is 0 Å². The smallest absolute Gasteiger partial charge is 0.410 e. The van der Waals surface area contributed by atoms with Gasteiger partial charge in [-0.1, -0.05) is 12.0 Å². The van der Waals surface area contributed by atoms with E-state index in [1.54, 1.807) is 0 Å². The van der Waals surface area contributed by atoms with E-state index in [9.17, 15) is 4.79 Å². The van der Waals surface area contributed by atoms with Crippen molar-refractivity contribution in [2.45, 2.75) is 52.2 Å². The number of hydrogen-bond acceptors (Lipinski definition) is 4. The molecule has 1 aliphatic heterocycles. The third kappa shape index (κ3) is 6.03. The van der Waals surface area contributed by atoms with Gasteiger partial charge in [0.05, 0.1) is 6.04 Å². The number of likely N-dealkylation sites (tertiary alicyclic amines) is 1. The van der Waals surface area contributed by atoms with E-state index in [1.807, 2.05) is 50.8 Å². The number of aromatic nitrogens is 1. The minimum absolute atomic E-state index is 0.151. The Bertz CT molecular complexity index is 674. The fourth-order valence-corrected chi connectivity index (χ4v) is 3.15. The third-order valence-corrected chi connectivity index (χ3v) is 4.43. The summed E-state index contributed by atoms with van der Waals surface area (Å²) in [5.41, 5.74) is 1.33. The van der Waals surface area contributed by atoms with Gasteiger partial charge in [0.25, 0.3) is 0 Å². The Morgan fingerprint density at radius 3 is 2.50 bits per heavy atom. The predicted octanol–water partition coefficient (Wildman–Crippen LogP) is 3.32. The van der Waals surface area contributed by atoms with E-state index in [2.05, 4.69) is 35.8 Å². The highest BCUT2D eigenvalue weighted by atomic mass is 16.6. The molecule has 0 aromatic carbocycles. The average molecular weight is 357 g/mol. The molecule has 0 bridgehead atoms. The third-order valence-electron chi connectivity index (χ3n) is 4.43. The highest BCUT2D eigenvalue weighted by molar-refractivity contribution is 5.68. The van der Waals surface area contributed by atoms with Crippen molar-refractivity contribution in [2.75, 3.05) is 27.2 Å². The molecule has 2 rings (SSSR count). The van der Waals surface area contributed by atoms with Gasteiger partial charge in [-0.25, -0.2) is 9.78 Å². The average Bonchev–Trinajstić information content (AvgIpc) is 2.54. The molecule has 0 saturated carbocycles. The van der Waals surface area contributed by atoms with Crippen molar-refractivity contribution >= 4 is 6.09 Å². The number of piperidine rings is 1. The maximum absolute atomic E-state index is 12.2. The van der Waals surface area contributed by atoms with Crippen LogP contribution in [0.15, 0.2) is 18.2 Å². The summed E-state index contributed by atoms with van der Waals surface area (Å²) in [5.74, 6) is 7.05. The number of aryl methyl sites for hydroxylation is 1. The van der Waals surface area contributed by atoms with Crippen molar-refractivity contribution in [3.63, 3.8) is 0 Å². The zero-order valence-corrected chi connectivity index (χ0v) is 16.9. The molecule has 1 unspecified atom stereocenters. The number of amides is 1. The molecule has 142 valence electrons. The van der Waals surface area contributed by atoms with Crippen molar-refractivity contribution in [3.8, 4) is 11.8 Å². The summed E-state index contributed by atoms with van der Waals surface area (Å²) < 4.78 is 5.48. The van der Waals surface area contributed by atoms with E-state index in [0.29, 0.717) is 19.0 Å². The molecule has 1 atom stereocenters. The van der Waals surface area contributed by atoms with E-state index < -0.39 is 5.60 Å². The number of rotatable bonds is 2. The van der Waals surface area contributed by atoms with Crippen LogP contribution >= 0.6 is 0 Å². The number of nitrogens with zero attached hydrogens (tertiary/aromatic N) is 3. The SMILES string of the molecule is Cc1cccc(C#CC(C2CCN(C(=O)OC(C)(C)C)CC2)N(C)C)n1. The normalized spacial score (nSPS) is 16.8. The van der Waals surface area contributed by atoms with Gasteiger partial charge in [-0.2, -0.15) is 0 Å². The molecule has 1 aromatic heterocycles. The van der Waals surface area contributed by atoms with Gasteiger partial charge in [0, 0.05) is 18.8 Å². The van der Waals surface area contributed by atoms with Crippen molar-refractivity contribution in [1.29, 1.82) is 0 Å².